The summed E-state index contributed by atoms with van der Waals surface area (Å²) in [5, 5.41) is 2.95. The molecule has 7 heteroatoms. The van der Waals surface area contributed by atoms with Gasteiger partial charge in [-0.3, -0.25) is 9.59 Å². The number of benzene rings is 2. The summed E-state index contributed by atoms with van der Waals surface area (Å²) in [6.07, 6.45) is 1.24. The Kier molecular flexibility index (Phi) is 9.30. The first-order valence-electron chi connectivity index (χ1n) is 10.1. The van der Waals surface area contributed by atoms with Gasteiger partial charge in [0.05, 0.1) is 0 Å². The van der Waals surface area contributed by atoms with Crippen LogP contribution in [-0.2, 0) is 16.1 Å². The molecule has 0 aromatic heterocycles. The minimum Gasteiger partial charge on any atom is -0.484 e. The Bertz CT molecular complexity index is 827. The van der Waals surface area contributed by atoms with Crippen molar-refractivity contribution in [2.45, 2.75) is 52.2 Å². The molecule has 2 atom stereocenters. The molecule has 0 radical (unpaired) electrons. The van der Waals surface area contributed by atoms with Crippen LogP contribution in [-0.4, -0.2) is 35.4 Å². The highest BCUT2D eigenvalue weighted by Crippen LogP contribution is 2.18. The van der Waals surface area contributed by atoms with Gasteiger partial charge < -0.3 is 15.0 Å². The lowest BCUT2D eigenvalue weighted by molar-refractivity contribution is -0.143. The highest BCUT2D eigenvalue weighted by molar-refractivity contribution is 9.10. The lowest BCUT2D eigenvalue weighted by Crippen LogP contribution is -2.51. The van der Waals surface area contributed by atoms with Crippen molar-refractivity contribution in [3.05, 3.63) is 64.4 Å². The van der Waals surface area contributed by atoms with Crippen molar-refractivity contribution in [3.8, 4) is 5.75 Å². The molecule has 2 rings (SSSR count). The Hall–Kier alpha value is -2.41. The molecule has 2 aromatic rings. The molecule has 0 saturated carbocycles. The molecule has 0 bridgehead atoms. The summed E-state index contributed by atoms with van der Waals surface area (Å²) >= 11 is 3.36. The van der Waals surface area contributed by atoms with Gasteiger partial charge in [0.1, 0.15) is 17.6 Å². The van der Waals surface area contributed by atoms with E-state index in [1.807, 2.05) is 32.9 Å². The maximum Gasteiger partial charge on any atom is 0.261 e. The highest BCUT2D eigenvalue weighted by atomic mass is 79.9. The molecule has 0 aliphatic carbocycles. The normalized spacial score (nSPS) is 12.7. The Morgan fingerprint density at radius 3 is 2.27 bits per heavy atom. The van der Waals surface area contributed by atoms with E-state index >= 15 is 0 Å². The van der Waals surface area contributed by atoms with Crippen molar-refractivity contribution in [1.29, 1.82) is 0 Å². The van der Waals surface area contributed by atoms with Crippen LogP contribution >= 0.6 is 15.9 Å². The number of hydrogen-bond acceptors (Lipinski definition) is 3. The maximum absolute atomic E-state index is 13.3. The molecular formula is C23H28BrFN2O3. The lowest BCUT2D eigenvalue weighted by atomic mass is 10.1. The molecular weight excluding hydrogens is 451 g/mol. The van der Waals surface area contributed by atoms with Crippen molar-refractivity contribution < 1.29 is 18.7 Å². The van der Waals surface area contributed by atoms with Gasteiger partial charge in [-0.1, -0.05) is 41.9 Å². The maximum atomic E-state index is 13.3. The van der Waals surface area contributed by atoms with Gasteiger partial charge in [-0.15, -0.1) is 0 Å². The fourth-order valence-corrected chi connectivity index (χ4v) is 3.17. The predicted octanol–water partition coefficient (Wildman–Crippen LogP) is 4.69. The summed E-state index contributed by atoms with van der Waals surface area (Å²) in [6, 6.07) is 12.4. The van der Waals surface area contributed by atoms with Gasteiger partial charge in [0.15, 0.2) is 6.61 Å². The Labute approximate surface area is 185 Å². The topological polar surface area (TPSA) is 58.6 Å². The van der Waals surface area contributed by atoms with E-state index in [1.54, 1.807) is 24.3 Å². The lowest BCUT2D eigenvalue weighted by Gasteiger charge is -2.31. The molecule has 0 aliphatic heterocycles. The van der Waals surface area contributed by atoms with E-state index in [4.69, 9.17) is 4.74 Å². The van der Waals surface area contributed by atoms with Crippen LogP contribution in [0.25, 0.3) is 0 Å². The summed E-state index contributed by atoms with van der Waals surface area (Å²) in [5.41, 5.74) is 0.739. The SMILES string of the molecule is CC[C@@H](C)NC(=O)[C@H](CC)N(Cc1ccc(F)cc1)C(=O)COc1ccc(Br)cc1. The summed E-state index contributed by atoms with van der Waals surface area (Å²) in [7, 11) is 0. The quantitative estimate of drug-likeness (QED) is 0.538. The number of ether oxygens (including phenoxy) is 1. The fourth-order valence-electron chi connectivity index (χ4n) is 2.91. The highest BCUT2D eigenvalue weighted by Gasteiger charge is 2.29. The first-order valence-corrected chi connectivity index (χ1v) is 10.9. The van der Waals surface area contributed by atoms with Crippen LogP contribution in [0.2, 0.25) is 0 Å². The number of hydrogen-bond donors (Lipinski definition) is 1. The molecule has 0 spiro atoms. The van der Waals surface area contributed by atoms with Crippen LogP contribution in [0.15, 0.2) is 53.0 Å². The van der Waals surface area contributed by atoms with Crippen molar-refractivity contribution >= 4 is 27.7 Å². The zero-order chi connectivity index (χ0) is 22.1. The molecule has 0 fully saturated rings. The molecule has 2 amide bonds. The zero-order valence-electron chi connectivity index (χ0n) is 17.5. The van der Waals surface area contributed by atoms with Crippen molar-refractivity contribution in [2.75, 3.05) is 6.61 Å². The first-order chi connectivity index (χ1) is 14.3. The number of nitrogens with zero attached hydrogens (tertiary/aromatic N) is 1. The molecule has 30 heavy (non-hydrogen) atoms. The van der Waals surface area contributed by atoms with E-state index in [0.717, 1.165) is 16.5 Å². The smallest absolute Gasteiger partial charge is 0.261 e. The van der Waals surface area contributed by atoms with Gasteiger partial charge in [-0.2, -0.15) is 0 Å². The Morgan fingerprint density at radius 1 is 1.07 bits per heavy atom. The number of nitrogens with one attached hydrogen (secondary N) is 1. The Morgan fingerprint density at radius 2 is 1.70 bits per heavy atom. The van der Waals surface area contributed by atoms with E-state index in [9.17, 15) is 14.0 Å². The van der Waals surface area contributed by atoms with Gasteiger partial charge >= 0.3 is 0 Å². The minimum absolute atomic E-state index is 0.00772. The van der Waals surface area contributed by atoms with Crippen LogP contribution in [0.5, 0.6) is 5.75 Å². The average Bonchev–Trinajstić information content (AvgIpc) is 2.74. The van der Waals surface area contributed by atoms with Crippen LogP contribution in [0.3, 0.4) is 0 Å². The molecule has 0 saturated heterocycles. The van der Waals surface area contributed by atoms with Crippen molar-refractivity contribution in [2.24, 2.45) is 0 Å². The third-order valence-corrected chi connectivity index (χ3v) is 5.36. The van der Waals surface area contributed by atoms with Gasteiger partial charge in [0.25, 0.3) is 5.91 Å². The van der Waals surface area contributed by atoms with Crippen LogP contribution in [0, 0.1) is 5.82 Å². The monoisotopic (exact) mass is 478 g/mol. The third kappa shape index (κ3) is 7.13. The molecule has 0 unspecified atom stereocenters. The second-order valence-corrected chi connectivity index (χ2v) is 8.05. The minimum atomic E-state index is -0.648. The second-order valence-electron chi connectivity index (χ2n) is 7.13. The van der Waals surface area contributed by atoms with Crippen LogP contribution in [0.1, 0.15) is 39.2 Å². The van der Waals surface area contributed by atoms with E-state index in [2.05, 4.69) is 21.2 Å². The summed E-state index contributed by atoms with van der Waals surface area (Å²) in [5.74, 6) is -0.304. The number of rotatable bonds is 10. The standard InChI is InChI=1S/C23H28BrFN2O3/c1-4-16(3)26-23(29)21(5-2)27(14-17-6-10-19(25)11-7-17)22(28)15-30-20-12-8-18(24)9-13-20/h6-13,16,21H,4-5,14-15H2,1-3H3,(H,26,29)/t16-,21+/m1/s1. The first kappa shape index (κ1) is 23.9. The zero-order valence-corrected chi connectivity index (χ0v) is 19.1. The molecule has 5 nitrogen and oxygen atoms in total. The summed E-state index contributed by atoms with van der Waals surface area (Å²) in [4.78, 5) is 27.4. The summed E-state index contributed by atoms with van der Waals surface area (Å²) in [6.45, 7) is 5.76. The van der Waals surface area contributed by atoms with E-state index < -0.39 is 6.04 Å². The molecule has 2 aromatic carbocycles. The average molecular weight is 479 g/mol. The van der Waals surface area contributed by atoms with Crippen molar-refractivity contribution in [3.63, 3.8) is 0 Å². The van der Waals surface area contributed by atoms with E-state index in [-0.39, 0.29) is 36.8 Å². The number of halogens is 2. The van der Waals surface area contributed by atoms with Gasteiger partial charge in [0, 0.05) is 17.1 Å². The molecule has 162 valence electrons. The largest absolute Gasteiger partial charge is 0.484 e. The number of amides is 2. The Balaban J connectivity index is 2.19. The van der Waals surface area contributed by atoms with E-state index in [1.165, 1.54) is 17.0 Å². The van der Waals surface area contributed by atoms with Crippen molar-refractivity contribution in [1.82, 2.24) is 10.2 Å². The fraction of sp³-hybridized carbons (Fsp3) is 0.391. The van der Waals surface area contributed by atoms with Gasteiger partial charge in [0.2, 0.25) is 5.91 Å². The van der Waals surface area contributed by atoms with Crippen LogP contribution in [0.4, 0.5) is 4.39 Å². The van der Waals surface area contributed by atoms with Gasteiger partial charge in [-0.25, -0.2) is 4.39 Å². The van der Waals surface area contributed by atoms with Gasteiger partial charge in [-0.05, 0) is 61.7 Å². The molecule has 1 N–H and O–H groups in total. The second kappa shape index (κ2) is 11.7. The number of carbonyl (C=O) groups excluding carboxylic acids is 2. The molecule has 0 aliphatic rings. The van der Waals surface area contributed by atoms with E-state index in [0.29, 0.717) is 12.2 Å². The third-order valence-electron chi connectivity index (χ3n) is 4.83. The number of carbonyl (C=O) groups is 2. The summed E-state index contributed by atoms with van der Waals surface area (Å²) < 4.78 is 19.8. The molecule has 0 heterocycles. The van der Waals surface area contributed by atoms with Crippen LogP contribution < -0.4 is 10.1 Å². The predicted molar refractivity (Wildman–Crippen MR) is 119 cm³/mol.